The quantitative estimate of drug-likeness (QED) is 0.797. The molecule has 0 spiro atoms. The lowest BCUT2D eigenvalue weighted by Crippen LogP contribution is -2.41. The molecule has 0 aromatic heterocycles. The molecule has 0 heterocycles. The van der Waals surface area contributed by atoms with Crippen molar-refractivity contribution in [1.29, 1.82) is 0 Å². The summed E-state index contributed by atoms with van der Waals surface area (Å²) < 4.78 is 5.42. The highest BCUT2D eigenvalue weighted by Gasteiger charge is 2.38. The van der Waals surface area contributed by atoms with Gasteiger partial charge in [-0.05, 0) is 44.1 Å². The van der Waals surface area contributed by atoms with E-state index in [1.54, 1.807) is 0 Å². The maximum absolute atomic E-state index is 5.42. The Bertz CT molecular complexity index is 191. The fourth-order valence-electron chi connectivity index (χ4n) is 3.15. The zero-order valence-electron chi connectivity index (χ0n) is 11.7. The second-order valence-corrected chi connectivity index (χ2v) is 6.60. The third-order valence-corrected chi connectivity index (χ3v) is 4.27. The van der Waals surface area contributed by atoms with E-state index in [-0.39, 0.29) is 0 Å². The third kappa shape index (κ3) is 3.46. The molecule has 0 atom stereocenters. The lowest BCUT2D eigenvalue weighted by atomic mass is 9.64. The first-order valence-electron chi connectivity index (χ1n) is 6.57. The van der Waals surface area contributed by atoms with Crippen LogP contribution in [0.15, 0.2) is 0 Å². The van der Waals surface area contributed by atoms with Gasteiger partial charge in [0, 0.05) is 19.1 Å². The molecule has 1 N–H and O–H groups in total. The summed E-state index contributed by atoms with van der Waals surface area (Å²) in [5.41, 5.74) is 0.865. The third-order valence-electron chi connectivity index (χ3n) is 4.27. The second-order valence-electron chi connectivity index (χ2n) is 6.60. The number of nitrogens with one attached hydrogen (secondary N) is 1. The summed E-state index contributed by atoms with van der Waals surface area (Å²) in [5, 5.41) is 3.34. The number of methoxy groups -OCH3 is 1. The Morgan fingerprint density at radius 1 is 1.25 bits per heavy atom. The molecule has 1 fully saturated rings. The van der Waals surface area contributed by atoms with Gasteiger partial charge >= 0.3 is 0 Å². The van der Waals surface area contributed by atoms with Gasteiger partial charge in [-0.25, -0.2) is 0 Å². The van der Waals surface area contributed by atoms with E-state index in [0.717, 1.165) is 19.1 Å². The van der Waals surface area contributed by atoms with E-state index in [2.05, 4.69) is 26.1 Å². The highest BCUT2D eigenvalue weighted by atomic mass is 16.5. The van der Waals surface area contributed by atoms with Crippen molar-refractivity contribution in [2.75, 3.05) is 27.3 Å². The fourth-order valence-corrected chi connectivity index (χ4v) is 3.15. The minimum atomic E-state index is 0.394. The molecular weight excluding hydrogens is 198 g/mol. The van der Waals surface area contributed by atoms with Crippen molar-refractivity contribution in [3.05, 3.63) is 0 Å². The van der Waals surface area contributed by atoms with E-state index >= 15 is 0 Å². The normalized spacial score (nSPS) is 31.7. The first-order valence-corrected chi connectivity index (χ1v) is 6.57. The molecule has 2 nitrogen and oxygen atoms in total. The molecule has 0 radical (unpaired) electrons. The molecular formula is C14H29NO. The summed E-state index contributed by atoms with van der Waals surface area (Å²) in [7, 11) is 3.88. The Labute approximate surface area is 101 Å². The molecule has 0 unspecified atom stereocenters. The molecule has 1 saturated carbocycles. The molecule has 0 aliphatic heterocycles. The predicted molar refractivity (Wildman–Crippen MR) is 69.6 cm³/mol. The van der Waals surface area contributed by atoms with Gasteiger partial charge in [0.25, 0.3) is 0 Å². The monoisotopic (exact) mass is 227 g/mol. The van der Waals surface area contributed by atoms with Gasteiger partial charge in [-0.2, -0.15) is 0 Å². The second kappa shape index (κ2) is 5.50. The number of hydrogen-bond donors (Lipinski definition) is 1. The minimum absolute atomic E-state index is 0.394. The zero-order chi connectivity index (χ0) is 12.2. The molecule has 2 heteroatoms. The van der Waals surface area contributed by atoms with Crippen LogP contribution in [0, 0.1) is 16.7 Å². The maximum Gasteiger partial charge on any atom is 0.0530 e. The Morgan fingerprint density at radius 2 is 1.81 bits per heavy atom. The van der Waals surface area contributed by atoms with E-state index in [9.17, 15) is 0 Å². The highest BCUT2D eigenvalue weighted by Crippen LogP contribution is 2.45. The molecule has 0 aromatic rings. The van der Waals surface area contributed by atoms with Gasteiger partial charge in [0.1, 0.15) is 0 Å². The Morgan fingerprint density at radius 3 is 2.19 bits per heavy atom. The summed E-state index contributed by atoms with van der Waals surface area (Å²) >= 11 is 0. The first kappa shape index (κ1) is 14.0. The minimum Gasteiger partial charge on any atom is -0.384 e. The Balaban J connectivity index is 2.55. The molecule has 0 saturated heterocycles. The molecule has 0 bridgehead atoms. The van der Waals surface area contributed by atoms with Crippen LogP contribution in [0.5, 0.6) is 0 Å². The van der Waals surface area contributed by atoms with Crippen LogP contribution in [0.4, 0.5) is 0 Å². The summed E-state index contributed by atoms with van der Waals surface area (Å²) in [6, 6.07) is 0. The SMILES string of the molecule is CNCC1(COC)CCC(C(C)(C)C)CC1. The first-order chi connectivity index (χ1) is 7.43. The van der Waals surface area contributed by atoms with E-state index < -0.39 is 0 Å². The summed E-state index contributed by atoms with van der Waals surface area (Å²) in [6.07, 6.45) is 5.33. The fraction of sp³-hybridized carbons (Fsp3) is 1.00. The summed E-state index contributed by atoms with van der Waals surface area (Å²) in [4.78, 5) is 0. The van der Waals surface area contributed by atoms with Gasteiger partial charge in [-0.15, -0.1) is 0 Å². The maximum atomic E-state index is 5.42. The molecule has 16 heavy (non-hydrogen) atoms. The topological polar surface area (TPSA) is 21.3 Å². The van der Waals surface area contributed by atoms with Gasteiger partial charge in [-0.1, -0.05) is 20.8 Å². The van der Waals surface area contributed by atoms with Gasteiger partial charge in [0.2, 0.25) is 0 Å². The summed E-state index contributed by atoms with van der Waals surface area (Å²) in [5.74, 6) is 0.884. The van der Waals surface area contributed by atoms with Crippen molar-refractivity contribution in [2.24, 2.45) is 16.7 Å². The van der Waals surface area contributed by atoms with Crippen molar-refractivity contribution in [2.45, 2.75) is 46.5 Å². The van der Waals surface area contributed by atoms with Crippen molar-refractivity contribution in [1.82, 2.24) is 5.32 Å². The Hall–Kier alpha value is -0.0800. The van der Waals surface area contributed by atoms with Crippen LogP contribution in [0.3, 0.4) is 0 Å². The lowest BCUT2D eigenvalue weighted by molar-refractivity contribution is 0.0178. The number of hydrogen-bond acceptors (Lipinski definition) is 2. The number of rotatable bonds is 4. The smallest absolute Gasteiger partial charge is 0.0530 e. The van der Waals surface area contributed by atoms with Gasteiger partial charge in [-0.3, -0.25) is 0 Å². The van der Waals surface area contributed by atoms with Crippen LogP contribution < -0.4 is 5.32 Å². The molecule has 96 valence electrons. The zero-order valence-corrected chi connectivity index (χ0v) is 11.7. The van der Waals surface area contributed by atoms with Crippen LogP contribution >= 0.6 is 0 Å². The molecule has 0 amide bonds. The van der Waals surface area contributed by atoms with Gasteiger partial charge in [0.15, 0.2) is 0 Å². The van der Waals surface area contributed by atoms with E-state index in [1.807, 2.05) is 14.2 Å². The van der Waals surface area contributed by atoms with E-state index in [0.29, 0.717) is 10.8 Å². The van der Waals surface area contributed by atoms with Crippen molar-refractivity contribution in [3.63, 3.8) is 0 Å². The standard InChI is InChI=1S/C14H29NO/c1-13(2,3)12-6-8-14(9-7-12,10-15-4)11-16-5/h12,15H,6-11H2,1-5H3. The van der Waals surface area contributed by atoms with Gasteiger partial charge in [0.05, 0.1) is 6.61 Å². The molecule has 1 rings (SSSR count). The highest BCUT2D eigenvalue weighted by molar-refractivity contribution is 4.90. The van der Waals surface area contributed by atoms with Crippen LogP contribution in [0.25, 0.3) is 0 Å². The van der Waals surface area contributed by atoms with Crippen LogP contribution in [-0.4, -0.2) is 27.3 Å². The Kier molecular flexibility index (Phi) is 4.81. The molecule has 1 aliphatic rings. The lowest BCUT2D eigenvalue weighted by Gasteiger charge is -2.43. The summed E-state index contributed by atoms with van der Waals surface area (Å²) in [6.45, 7) is 9.12. The van der Waals surface area contributed by atoms with Crippen molar-refractivity contribution < 1.29 is 4.74 Å². The van der Waals surface area contributed by atoms with E-state index in [4.69, 9.17) is 4.74 Å². The average molecular weight is 227 g/mol. The number of ether oxygens (including phenoxy) is 1. The molecule has 0 aromatic carbocycles. The van der Waals surface area contributed by atoms with Crippen molar-refractivity contribution in [3.8, 4) is 0 Å². The van der Waals surface area contributed by atoms with Crippen molar-refractivity contribution >= 4 is 0 Å². The van der Waals surface area contributed by atoms with Crippen LogP contribution in [-0.2, 0) is 4.74 Å². The predicted octanol–water partition coefficient (Wildman–Crippen LogP) is 3.07. The van der Waals surface area contributed by atoms with Crippen LogP contribution in [0.1, 0.15) is 46.5 Å². The molecule has 1 aliphatic carbocycles. The van der Waals surface area contributed by atoms with Gasteiger partial charge < -0.3 is 10.1 Å². The van der Waals surface area contributed by atoms with Crippen LogP contribution in [0.2, 0.25) is 0 Å². The average Bonchev–Trinajstić information content (AvgIpc) is 2.17. The van der Waals surface area contributed by atoms with E-state index in [1.165, 1.54) is 25.7 Å². The largest absolute Gasteiger partial charge is 0.384 e.